The lowest BCUT2D eigenvalue weighted by Gasteiger charge is -2.18. The number of hydrogen-bond acceptors (Lipinski definition) is 6. The molecule has 75 heavy (non-hydrogen) atoms. The van der Waals surface area contributed by atoms with Crippen LogP contribution in [0.15, 0.2) is 85.1 Å². The summed E-state index contributed by atoms with van der Waals surface area (Å²) in [5.41, 5.74) is 0. The molecule has 432 valence electrons. The molecule has 0 spiro atoms. The van der Waals surface area contributed by atoms with Gasteiger partial charge in [0, 0.05) is 19.3 Å². The molecule has 0 bridgehead atoms. The smallest absolute Gasteiger partial charge is 0.306 e. The van der Waals surface area contributed by atoms with Crippen LogP contribution in [-0.4, -0.2) is 37.2 Å². The molecule has 0 heterocycles. The van der Waals surface area contributed by atoms with Crippen LogP contribution in [0, 0.1) is 0 Å². The van der Waals surface area contributed by atoms with Crippen molar-refractivity contribution in [3.8, 4) is 0 Å². The Balaban J connectivity index is 4.46. The minimum atomic E-state index is -0.808. The molecule has 6 nitrogen and oxygen atoms in total. The summed E-state index contributed by atoms with van der Waals surface area (Å²) in [6, 6.07) is 0. The van der Waals surface area contributed by atoms with E-state index in [0.717, 1.165) is 77.0 Å². The predicted molar refractivity (Wildman–Crippen MR) is 325 cm³/mol. The molecule has 0 aromatic carbocycles. The molecule has 6 heteroatoms. The van der Waals surface area contributed by atoms with Gasteiger partial charge in [0.15, 0.2) is 6.10 Å². The quantitative estimate of drug-likeness (QED) is 0.0261. The Hall–Kier alpha value is -3.41. The van der Waals surface area contributed by atoms with E-state index in [1.54, 1.807) is 0 Å². The molecule has 0 aliphatic heterocycles. The minimum Gasteiger partial charge on any atom is -0.462 e. The Morgan fingerprint density at radius 1 is 0.280 bits per heavy atom. The van der Waals surface area contributed by atoms with Gasteiger partial charge in [0.25, 0.3) is 0 Å². The predicted octanol–water partition coefficient (Wildman–Crippen LogP) is 21.9. The lowest BCUT2D eigenvalue weighted by molar-refractivity contribution is -0.166. The Labute approximate surface area is 465 Å². The zero-order chi connectivity index (χ0) is 54.3. The van der Waals surface area contributed by atoms with Gasteiger partial charge in [-0.3, -0.25) is 14.4 Å². The van der Waals surface area contributed by atoms with Crippen molar-refractivity contribution in [3.63, 3.8) is 0 Å². The first kappa shape index (κ1) is 71.6. The fourth-order valence-electron chi connectivity index (χ4n) is 9.11. The first-order valence-electron chi connectivity index (χ1n) is 32.1. The van der Waals surface area contributed by atoms with Crippen LogP contribution in [0.3, 0.4) is 0 Å². The third kappa shape index (κ3) is 61.3. The molecule has 0 saturated heterocycles. The molecule has 0 unspecified atom stereocenters. The monoisotopic (exact) mass is 1040 g/mol. The van der Waals surface area contributed by atoms with Gasteiger partial charge in [-0.15, -0.1) is 0 Å². The van der Waals surface area contributed by atoms with E-state index >= 15 is 0 Å². The van der Waals surface area contributed by atoms with Crippen LogP contribution in [-0.2, 0) is 28.6 Å². The molecule has 0 aliphatic rings. The van der Waals surface area contributed by atoms with Gasteiger partial charge in [0.2, 0.25) is 0 Å². The number of carbonyl (C=O) groups is 3. The average Bonchev–Trinajstić information content (AvgIpc) is 3.41. The Kier molecular flexibility index (Phi) is 60.3. The van der Waals surface area contributed by atoms with Crippen LogP contribution in [0.5, 0.6) is 0 Å². The van der Waals surface area contributed by atoms with Gasteiger partial charge in [0.05, 0.1) is 0 Å². The van der Waals surface area contributed by atoms with Gasteiger partial charge in [-0.2, -0.15) is 0 Å². The molecule has 0 N–H and O–H groups in total. The van der Waals surface area contributed by atoms with E-state index in [2.05, 4.69) is 99.8 Å². The number of esters is 3. The summed E-state index contributed by atoms with van der Waals surface area (Å²) in [5.74, 6) is -0.973. The fourth-order valence-corrected chi connectivity index (χ4v) is 9.11. The summed E-state index contributed by atoms with van der Waals surface area (Å²) in [4.78, 5) is 38.3. The largest absolute Gasteiger partial charge is 0.462 e. The van der Waals surface area contributed by atoms with Crippen molar-refractivity contribution in [2.45, 2.75) is 322 Å². The summed E-state index contributed by atoms with van der Waals surface area (Å²) >= 11 is 0. The van der Waals surface area contributed by atoms with E-state index in [9.17, 15) is 14.4 Å². The van der Waals surface area contributed by atoms with Crippen LogP contribution in [0.4, 0.5) is 0 Å². The lowest BCUT2D eigenvalue weighted by atomic mass is 10.0. The SMILES string of the molecule is CC/C=C\C/C=C\C/C=C\C/C=C\C/C=C\C/C=C\CCC(=O)OC[C@@H](COC(=O)CCCCCCCCCCCCCCCCCCCCC)OC(=O)CCCCCCCCCCC/C=C\CCCCCCCC. The molecular weight excluding hydrogens is 925 g/mol. The molecule has 0 fully saturated rings. The normalized spacial score (nSPS) is 12.6. The van der Waals surface area contributed by atoms with Crippen LogP contribution < -0.4 is 0 Å². The van der Waals surface area contributed by atoms with Crippen molar-refractivity contribution in [2.24, 2.45) is 0 Å². The second kappa shape index (κ2) is 63.1. The molecule has 0 radical (unpaired) electrons. The van der Waals surface area contributed by atoms with Gasteiger partial charge in [-0.05, 0) is 83.5 Å². The fraction of sp³-hybridized carbons (Fsp3) is 0.754. The molecule has 0 rings (SSSR count). The lowest BCUT2D eigenvalue weighted by Crippen LogP contribution is -2.30. The van der Waals surface area contributed by atoms with Gasteiger partial charge < -0.3 is 14.2 Å². The maximum absolute atomic E-state index is 12.9. The molecule has 0 saturated carbocycles. The highest BCUT2D eigenvalue weighted by molar-refractivity contribution is 5.71. The van der Waals surface area contributed by atoms with Crippen molar-refractivity contribution in [3.05, 3.63) is 85.1 Å². The number of unbranched alkanes of at least 4 members (excludes halogenated alkanes) is 33. The van der Waals surface area contributed by atoms with E-state index < -0.39 is 6.10 Å². The number of hydrogen-bond donors (Lipinski definition) is 0. The topological polar surface area (TPSA) is 78.9 Å². The summed E-state index contributed by atoms with van der Waals surface area (Å²) in [6.07, 6.45) is 83.1. The van der Waals surface area contributed by atoms with Crippen molar-refractivity contribution in [1.82, 2.24) is 0 Å². The van der Waals surface area contributed by atoms with Crippen molar-refractivity contribution in [2.75, 3.05) is 13.2 Å². The molecule has 0 aromatic heterocycles. The number of carbonyl (C=O) groups excluding carboxylic acids is 3. The zero-order valence-corrected chi connectivity index (χ0v) is 49.6. The zero-order valence-electron chi connectivity index (χ0n) is 49.6. The van der Waals surface area contributed by atoms with Crippen LogP contribution in [0.2, 0.25) is 0 Å². The molecule has 0 amide bonds. The van der Waals surface area contributed by atoms with Gasteiger partial charge in [-0.1, -0.05) is 298 Å². The van der Waals surface area contributed by atoms with E-state index in [1.807, 2.05) is 6.08 Å². The van der Waals surface area contributed by atoms with E-state index in [4.69, 9.17) is 14.2 Å². The van der Waals surface area contributed by atoms with Crippen molar-refractivity contribution in [1.29, 1.82) is 0 Å². The van der Waals surface area contributed by atoms with Crippen molar-refractivity contribution < 1.29 is 28.6 Å². The first-order valence-corrected chi connectivity index (χ1v) is 32.1. The van der Waals surface area contributed by atoms with Gasteiger partial charge in [0.1, 0.15) is 13.2 Å². The molecule has 0 aromatic rings. The highest BCUT2D eigenvalue weighted by atomic mass is 16.6. The van der Waals surface area contributed by atoms with Gasteiger partial charge >= 0.3 is 17.9 Å². The number of allylic oxidation sites excluding steroid dienone is 14. The second-order valence-corrected chi connectivity index (χ2v) is 21.3. The summed E-state index contributed by atoms with van der Waals surface area (Å²) in [5, 5.41) is 0. The summed E-state index contributed by atoms with van der Waals surface area (Å²) in [7, 11) is 0. The summed E-state index contributed by atoms with van der Waals surface area (Å²) < 4.78 is 16.9. The molecule has 0 aliphatic carbocycles. The van der Waals surface area contributed by atoms with Crippen LogP contribution in [0.1, 0.15) is 316 Å². The van der Waals surface area contributed by atoms with Crippen LogP contribution in [0.25, 0.3) is 0 Å². The maximum Gasteiger partial charge on any atom is 0.306 e. The average molecular weight is 1050 g/mol. The highest BCUT2D eigenvalue weighted by Crippen LogP contribution is 2.17. The molecular formula is C69H120O6. The second-order valence-electron chi connectivity index (χ2n) is 21.3. The van der Waals surface area contributed by atoms with E-state index in [0.29, 0.717) is 19.3 Å². The Morgan fingerprint density at radius 2 is 0.547 bits per heavy atom. The Bertz CT molecular complexity index is 1430. The van der Waals surface area contributed by atoms with Gasteiger partial charge in [-0.25, -0.2) is 0 Å². The minimum absolute atomic E-state index is 0.0976. The highest BCUT2D eigenvalue weighted by Gasteiger charge is 2.19. The van der Waals surface area contributed by atoms with E-state index in [-0.39, 0.29) is 37.5 Å². The third-order valence-electron chi connectivity index (χ3n) is 13.9. The first-order chi connectivity index (χ1) is 37.0. The number of ether oxygens (including phenoxy) is 3. The van der Waals surface area contributed by atoms with Crippen molar-refractivity contribution >= 4 is 17.9 Å². The summed E-state index contributed by atoms with van der Waals surface area (Å²) in [6.45, 7) is 6.50. The third-order valence-corrected chi connectivity index (χ3v) is 13.9. The Morgan fingerprint density at radius 3 is 0.893 bits per heavy atom. The van der Waals surface area contributed by atoms with Crippen LogP contribution >= 0.6 is 0 Å². The maximum atomic E-state index is 12.9. The standard InChI is InChI=1S/C69H120O6/c1-4-7-10-13-16-19-22-25-28-31-34-37-40-43-46-49-52-55-58-61-67(70)73-64-66(75-69(72)63-60-57-54-51-48-45-42-39-36-33-30-27-24-21-18-15-12-9-6-3)65-74-68(71)62-59-56-53-50-47-44-41-38-35-32-29-26-23-20-17-14-11-8-5-2/h7,10,16,19,25,27-28,30,34,37,43,46,52,55,66H,4-6,8-9,11-15,17-18,20-24,26,29,31-33,35-36,38-42,44-45,47-51,53-54,56-65H2,1-3H3/b10-7-,19-16-,28-25-,30-27-,37-34-,46-43-,55-52-/t66-/m0/s1. The number of rotatable bonds is 58. The van der Waals surface area contributed by atoms with E-state index in [1.165, 1.54) is 193 Å². The molecule has 1 atom stereocenters.